The van der Waals surface area contributed by atoms with Crippen LogP contribution in [0, 0.1) is 0 Å². The first kappa shape index (κ1) is 22.0. The summed E-state index contributed by atoms with van der Waals surface area (Å²) < 4.78 is 11.7. The van der Waals surface area contributed by atoms with Crippen molar-refractivity contribution in [3.8, 4) is 11.5 Å². The van der Waals surface area contributed by atoms with E-state index in [9.17, 15) is 9.59 Å². The lowest BCUT2D eigenvalue weighted by Gasteiger charge is -2.13. The smallest absolute Gasteiger partial charge is 0.298 e. The molecule has 0 aliphatic carbocycles. The van der Waals surface area contributed by atoms with E-state index in [0.29, 0.717) is 40.3 Å². The highest BCUT2D eigenvalue weighted by molar-refractivity contribution is 8.19. The van der Waals surface area contributed by atoms with E-state index in [0.717, 1.165) is 27.8 Å². The molecule has 0 atom stereocenters. The van der Waals surface area contributed by atoms with Crippen LogP contribution in [0.2, 0.25) is 5.02 Å². The minimum absolute atomic E-state index is 0.329. The largest absolute Gasteiger partial charge is 0.490 e. The van der Waals surface area contributed by atoms with E-state index in [1.54, 1.807) is 42.5 Å². The number of nitrogens with zero attached hydrogens (tertiary/aromatic N) is 1. The summed E-state index contributed by atoms with van der Waals surface area (Å²) in [5, 5.41) is 0.0920. The Morgan fingerprint density at radius 1 is 0.938 bits per heavy atom. The molecule has 162 valence electrons. The first-order valence-corrected chi connectivity index (χ1v) is 11.2. The number of ether oxygens (including phenoxy) is 2. The van der Waals surface area contributed by atoms with Gasteiger partial charge < -0.3 is 9.47 Å². The lowest BCUT2D eigenvalue weighted by molar-refractivity contribution is -0.113. The van der Waals surface area contributed by atoms with Crippen molar-refractivity contribution in [1.82, 2.24) is 0 Å². The SMILES string of the molecule is CCOc1cc(/C=C2/SC(=O)N(c3cccc(Cl)c3)C2=O)ccc1OCc1ccccc1. The predicted molar refractivity (Wildman–Crippen MR) is 128 cm³/mol. The highest BCUT2D eigenvalue weighted by Crippen LogP contribution is 2.37. The second-order valence-electron chi connectivity index (χ2n) is 6.91. The van der Waals surface area contributed by atoms with Crippen LogP contribution >= 0.6 is 23.4 Å². The van der Waals surface area contributed by atoms with E-state index < -0.39 is 0 Å². The third kappa shape index (κ3) is 4.98. The van der Waals surface area contributed by atoms with Crippen LogP contribution in [0.1, 0.15) is 18.1 Å². The van der Waals surface area contributed by atoms with Gasteiger partial charge in [0.2, 0.25) is 0 Å². The topological polar surface area (TPSA) is 55.8 Å². The maximum absolute atomic E-state index is 12.9. The van der Waals surface area contributed by atoms with Crippen LogP contribution in [0.3, 0.4) is 0 Å². The number of imide groups is 1. The molecule has 1 saturated heterocycles. The molecule has 7 heteroatoms. The van der Waals surface area contributed by atoms with Crippen LogP contribution in [0.5, 0.6) is 11.5 Å². The van der Waals surface area contributed by atoms with Crippen molar-refractivity contribution < 1.29 is 19.1 Å². The lowest BCUT2D eigenvalue weighted by atomic mass is 10.1. The number of amides is 2. The van der Waals surface area contributed by atoms with Crippen molar-refractivity contribution in [1.29, 1.82) is 0 Å². The first-order chi connectivity index (χ1) is 15.5. The fraction of sp³-hybridized carbons (Fsp3) is 0.120. The van der Waals surface area contributed by atoms with E-state index in [1.807, 2.05) is 43.3 Å². The molecule has 5 nitrogen and oxygen atoms in total. The van der Waals surface area contributed by atoms with Crippen molar-refractivity contribution in [3.05, 3.63) is 93.9 Å². The molecule has 0 saturated carbocycles. The summed E-state index contributed by atoms with van der Waals surface area (Å²) >= 11 is 6.91. The maximum Gasteiger partial charge on any atom is 0.298 e. The third-order valence-electron chi connectivity index (χ3n) is 4.66. The minimum atomic E-state index is -0.385. The minimum Gasteiger partial charge on any atom is -0.490 e. The van der Waals surface area contributed by atoms with Crippen molar-refractivity contribution in [3.63, 3.8) is 0 Å². The molecule has 1 fully saturated rings. The molecule has 0 spiro atoms. The maximum atomic E-state index is 12.9. The molecule has 0 aromatic heterocycles. The summed E-state index contributed by atoms with van der Waals surface area (Å²) in [5.41, 5.74) is 2.23. The fourth-order valence-corrected chi connectivity index (χ4v) is 4.22. The number of hydrogen-bond donors (Lipinski definition) is 0. The Balaban J connectivity index is 1.56. The summed E-state index contributed by atoms with van der Waals surface area (Å²) in [6, 6.07) is 22.0. The van der Waals surface area contributed by atoms with Gasteiger partial charge in [0, 0.05) is 5.02 Å². The second-order valence-corrected chi connectivity index (χ2v) is 8.34. The molecule has 0 N–H and O–H groups in total. The van der Waals surface area contributed by atoms with Gasteiger partial charge in [-0.15, -0.1) is 0 Å². The Hall–Kier alpha value is -3.22. The van der Waals surface area contributed by atoms with Gasteiger partial charge in [0.15, 0.2) is 11.5 Å². The number of halogens is 1. The molecule has 32 heavy (non-hydrogen) atoms. The number of rotatable bonds is 7. The van der Waals surface area contributed by atoms with E-state index in [4.69, 9.17) is 21.1 Å². The molecule has 1 aliphatic heterocycles. The summed E-state index contributed by atoms with van der Waals surface area (Å²) in [5.74, 6) is 0.802. The van der Waals surface area contributed by atoms with Crippen LogP contribution in [0.4, 0.5) is 10.5 Å². The van der Waals surface area contributed by atoms with Crippen molar-refractivity contribution >= 4 is 46.3 Å². The van der Waals surface area contributed by atoms with Gasteiger partial charge in [-0.3, -0.25) is 9.59 Å². The Morgan fingerprint density at radius 3 is 2.50 bits per heavy atom. The van der Waals surface area contributed by atoms with Gasteiger partial charge in [-0.2, -0.15) is 0 Å². The molecule has 3 aromatic carbocycles. The molecule has 0 unspecified atom stereocenters. The zero-order valence-corrected chi connectivity index (χ0v) is 18.9. The summed E-state index contributed by atoms with van der Waals surface area (Å²) in [6.07, 6.45) is 1.68. The molecule has 2 amide bonds. The zero-order chi connectivity index (χ0) is 22.5. The van der Waals surface area contributed by atoms with Gasteiger partial charge in [-0.25, -0.2) is 4.90 Å². The molecule has 3 aromatic rings. The number of anilines is 1. The number of carbonyl (C=O) groups excluding carboxylic acids is 2. The van der Waals surface area contributed by atoms with Gasteiger partial charge >= 0.3 is 0 Å². The molecule has 0 bridgehead atoms. The highest BCUT2D eigenvalue weighted by Gasteiger charge is 2.36. The predicted octanol–water partition coefficient (Wildman–Crippen LogP) is 6.56. The van der Waals surface area contributed by atoms with Gasteiger partial charge in [-0.1, -0.05) is 54.1 Å². The normalized spacial score (nSPS) is 14.8. The van der Waals surface area contributed by atoms with E-state index in [-0.39, 0.29) is 11.1 Å². The van der Waals surface area contributed by atoms with E-state index >= 15 is 0 Å². The quantitative estimate of drug-likeness (QED) is 0.370. The Morgan fingerprint density at radius 2 is 1.75 bits per heavy atom. The van der Waals surface area contributed by atoms with E-state index in [1.165, 1.54) is 0 Å². The second kappa shape index (κ2) is 9.94. The fourth-order valence-electron chi connectivity index (χ4n) is 3.19. The number of carbonyl (C=O) groups is 2. The summed E-state index contributed by atoms with van der Waals surface area (Å²) in [6.45, 7) is 2.78. The van der Waals surface area contributed by atoms with Crippen molar-refractivity contribution in [2.45, 2.75) is 13.5 Å². The number of hydrogen-bond acceptors (Lipinski definition) is 5. The Bertz CT molecular complexity index is 1180. The van der Waals surface area contributed by atoms with E-state index in [2.05, 4.69) is 0 Å². The highest BCUT2D eigenvalue weighted by atomic mass is 35.5. The average Bonchev–Trinajstić information content (AvgIpc) is 3.07. The van der Waals surface area contributed by atoms with Gasteiger partial charge in [0.05, 0.1) is 17.2 Å². The van der Waals surface area contributed by atoms with Crippen LogP contribution in [0.25, 0.3) is 6.08 Å². The van der Waals surface area contributed by atoms with Crippen molar-refractivity contribution in [2.75, 3.05) is 11.5 Å². The Kier molecular flexibility index (Phi) is 6.83. The van der Waals surface area contributed by atoms with Crippen LogP contribution in [0.15, 0.2) is 77.7 Å². The first-order valence-electron chi connectivity index (χ1n) is 10.0. The van der Waals surface area contributed by atoms with Crippen molar-refractivity contribution in [2.24, 2.45) is 0 Å². The monoisotopic (exact) mass is 465 g/mol. The standard InChI is InChI=1S/C25H20ClNO4S/c1-2-30-22-13-18(11-12-21(22)31-16-17-7-4-3-5-8-17)14-23-24(28)27(25(29)32-23)20-10-6-9-19(26)15-20/h3-15H,2,16H2,1H3/b23-14+. The van der Waals surface area contributed by atoms with Crippen LogP contribution in [-0.2, 0) is 11.4 Å². The Labute approximate surface area is 195 Å². The molecule has 1 heterocycles. The number of thioether (sulfide) groups is 1. The third-order valence-corrected chi connectivity index (χ3v) is 5.77. The van der Waals surface area contributed by atoms with Crippen LogP contribution in [-0.4, -0.2) is 17.8 Å². The average molecular weight is 466 g/mol. The summed E-state index contributed by atoms with van der Waals surface area (Å²) in [4.78, 5) is 26.8. The zero-order valence-electron chi connectivity index (χ0n) is 17.3. The molecular weight excluding hydrogens is 446 g/mol. The lowest BCUT2D eigenvalue weighted by Crippen LogP contribution is -2.27. The van der Waals surface area contributed by atoms with Gasteiger partial charge in [0.25, 0.3) is 11.1 Å². The molecular formula is C25H20ClNO4S. The van der Waals surface area contributed by atoms with Crippen LogP contribution < -0.4 is 14.4 Å². The molecule has 4 rings (SSSR count). The molecule has 0 radical (unpaired) electrons. The van der Waals surface area contributed by atoms with Gasteiger partial charge in [0.1, 0.15) is 6.61 Å². The van der Waals surface area contributed by atoms with Gasteiger partial charge in [-0.05, 0) is 66.2 Å². The molecule has 1 aliphatic rings. The number of benzene rings is 3. The summed E-state index contributed by atoms with van der Waals surface area (Å²) in [7, 11) is 0.